The highest BCUT2D eigenvalue weighted by atomic mass is 19.4. The summed E-state index contributed by atoms with van der Waals surface area (Å²) >= 11 is 0. The molecule has 9 heteroatoms. The maximum absolute atomic E-state index is 12.1. The first-order valence-corrected chi connectivity index (χ1v) is 7.34. The van der Waals surface area contributed by atoms with E-state index in [2.05, 4.69) is 25.1 Å². The summed E-state index contributed by atoms with van der Waals surface area (Å²) in [7, 11) is 0. The minimum absolute atomic E-state index is 0.0910. The average molecular weight is 349 g/mol. The van der Waals surface area contributed by atoms with Crippen LogP contribution < -0.4 is 10.1 Å². The lowest BCUT2D eigenvalue weighted by atomic mass is 10.1. The van der Waals surface area contributed by atoms with Crippen LogP contribution in [0.15, 0.2) is 55.2 Å². The van der Waals surface area contributed by atoms with Crippen molar-refractivity contribution in [1.29, 1.82) is 0 Å². The molecule has 0 fully saturated rings. The second kappa shape index (κ2) is 6.80. The summed E-state index contributed by atoms with van der Waals surface area (Å²) in [5.74, 6) is 0.0882. The molecule has 0 amide bonds. The Morgan fingerprint density at radius 1 is 1.12 bits per heavy atom. The number of aromatic nitrogens is 4. The van der Waals surface area contributed by atoms with Gasteiger partial charge in [0.1, 0.15) is 24.2 Å². The first-order chi connectivity index (χ1) is 11.9. The Hall–Kier alpha value is -3.10. The first kappa shape index (κ1) is 16.7. The van der Waals surface area contributed by atoms with Crippen LogP contribution in [0.5, 0.6) is 5.75 Å². The molecule has 0 spiro atoms. The monoisotopic (exact) mass is 349 g/mol. The summed E-state index contributed by atoms with van der Waals surface area (Å²) in [5, 5.41) is 7.17. The Labute approximate surface area is 141 Å². The summed E-state index contributed by atoms with van der Waals surface area (Å²) in [5.41, 5.74) is 1.86. The third-order valence-electron chi connectivity index (χ3n) is 3.41. The molecule has 2 aromatic heterocycles. The zero-order valence-electron chi connectivity index (χ0n) is 13.1. The van der Waals surface area contributed by atoms with Crippen molar-refractivity contribution < 1.29 is 17.9 Å². The summed E-state index contributed by atoms with van der Waals surface area (Å²) in [6.07, 6.45) is -0.646. The van der Waals surface area contributed by atoms with Crippen molar-refractivity contribution in [3.05, 3.63) is 60.8 Å². The van der Waals surface area contributed by atoms with E-state index in [-0.39, 0.29) is 11.8 Å². The van der Waals surface area contributed by atoms with E-state index < -0.39 is 6.36 Å². The van der Waals surface area contributed by atoms with Crippen LogP contribution in [0.1, 0.15) is 18.5 Å². The second-order valence-electron chi connectivity index (χ2n) is 5.22. The van der Waals surface area contributed by atoms with Gasteiger partial charge in [-0.3, -0.25) is 0 Å². The van der Waals surface area contributed by atoms with Crippen molar-refractivity contribution in [2.45, 2.75) is 19.3 Å². The number of nitrogens with one attached hydrogen (secondary N) is 1. The van der Waals surface area contributed by atoms with Crippen LogP contribution in [0.4, 0.5) is 19.0 Å². The standard InChI is InChI=1S/C16H14F3N5O/c1-11(12-2-4-13(5-3-12)24-10-20-9-22-24)23-15-7-6-14(8-21-15)25-16(17,18)19/h2-11H,1H3,(H,21,23). The molecule has 0 aliphatic heterocycles. The normalized spacial score (nSPS) is 12.6. The van der Waals surface area contributed by atoms with Gasteiger partial charge in [0, 0.05) is 6.04 Å². The zero-order chi connectivity index (χ0) is 17.9. The van der Waals surface area contributed by atoms with Crippen LogP contribution in [-0.4, -0.2) is 26.1 Å². The van der Waals surface area contributed by atoms with Gasteiger partial charge in [-0.2, -0.15) is 5.10 Å². The number of hydrogen-bond acceptors (Lipinski definition) is 5. The molecule has 130 valence electrons. The minimum atomic E-state index is -4.73. The number of halogens is 3. The Morgan fingerprint density at radius 3 is 2.44 bits per heavy atom. The van der Waals surface area contributed by atoms with Crippen molar-refractivity contribution in [2.75, 3.05) is 5.32 Å². The summed E-state index contributed by atoms with van der Waals surface area (Å²) in [6, 6.07) is 10.2. The molecule has 2 heterocycles. The Balaban J connectivity index is 1.64. The van der Waals surface area contributed by atoms with E-state index in [4.69, 9.17) is 0 Å². The highest BCUT2D eigenvalue weighted by Gasteiger charge is 2.31. The fourth-order valence-corrected chi connectivity index (χ4v) is 2.22. The predicted molar refractivity (Wildman–Crippen MR) is 84.3 cm³/mol. The Bertz CT molecular complexity index is 801. The number of alkyl halides is 3. The van der Waals surface area contributed by atoms with Crippen LogP contribution in [0.2, 0.25) is 0 Å². The van der Waals surface area contributed by atoms with Gasteiger partial charge in [-0.25, -0.2) is 14.6 Å². The molecule has 3 rings (SSSR count). The maximum atomic E-state index is 12.1. The fourth-order valence-electron chi connectivity index (χ4n) is 2.22. The van der Waals surface area contributed by atoms with Crippen LogP contribution in [0.3, 0.4) is 0 Å². The molecular weight excluding hydrogens is 335 g/mol. The van der Waals surface area contributed by atoms with E-state index in [0.29, 0.717) is 5.82 Å². The van der Waals surface area contributed by atoms with Gasteiger partial charge in [0.05, 0.1) is 11.9 Å². The van der Waals surface area contributed by atoms with E-state index in [1.807, 2.05) is 31.2 Å². The van der Waals surface area contributed by atoms with Gasteiger partial charge in [-0.15, -0.1) is 13.2 Å². The lowest BCUT2D eigenvalue weighted by molar-refractivity contribution is -0.274. The second-order valence-corrected chi connectivity index (χ2v) is 5.22. The molecule has 1 atom stereocenters. The van der Waals surface area contributed by atoms with E-state index >= 15 is 0 Å². The number of pyridine rings is 1. The van der Waals surface area contributed by atoms with Crippen molar-refractivity contribution in [3.8, 4) is 11.4 Å². The predicted octanol–water partition coefficient (Wildman–Crippen LogP) is 3.73. The average Bonchev–Trinajstić information content (AvgIpc) is 3.10. The highest BCUT2D eigenvalue weighted by Crippen LogP contribution is 2.24. The molecule has 1 N–H and O–H groups in total. The van der Waals surface area contributed by atoms with Gasteiger partial charge >= 0.3 is 6.36 Å². The third-order valence-corrected chi connectivity index (χ3v) is 3.41. The maximum Gasteiger partial charge on any atom is 0.573 e. The van der Waals surface area contributed by atoms with E-state index in [9.17, 15) is 13.2 Å². The summed E-state index contributed by atoms with van der Waals surface area (Å²) in [6.45, 7) is 1.92. The van der Waals surface area contributed by atoms with Gasteiger partial charge in [0.25, 0.3) is 0 Å². The van der Waals surface area contributed by atoms with E-state index in [1.165, 1.54) is 18.5 Å². The van der Waals surface area contributed by atoms with Crippen LogP contribution >= 0.6 is 0 Å². The molecule has 6 nitrogen and oxygen atoms in total. The number of hydrogen-bond donors (Lipinski definition) is 1. The molecule has 25 heavy (non-hydrogen) atoms. The first-order valence-electron chi connectivity index (χ1n) is 7.34. The van der Waals surface area contributed by atoms with Crippen molar-refractivity contribution in [3.63, 3.8) is 0 Å². The molecule has 0 bridgehead atoms. The number of benzene rings is 1. The topological polar surface area (TPSA) is 64.9 Å². The van der Waals surface area contributed by atoms with Crippen LogP contribution in [-0.2, 0) is 0 Å². The number of ether oxygens (including phenoxy) is 1. The van der Waals surface area contributed by atoms with Gasteiger partial charge in [-0.1, -0.05) is 12.1 Å². The Morgan fingerprint density at radius 2 is 1.88 bits per heavy atom. The number of nitrogens with zero attached hydrogens (tertiary/aromatic N) is 4. The lowest BCUT2D eigenvalue weighted by Crippen LogP contribution is -2.17. The van der Waals surface area contributed by atoms with Gasteiger partial charge in [0.15, 0.2) is 0 Å². The highest BCUT2D eigenvalue weighted by molar-refractivity contribution is 5.42. The summed E-state index contributed by atoms with van der Waals surface area (Å²) in [4.78, 5) is 7.82. The van der Waals surface area contributed by atoms with Crippen LogP contribution in [0, 0.1) is 0 Å². The lowest BCUT2D eigenvalue weighted by Gasteiger charge is -2.16. The quantitative estimate of drug-likeness (QED) is 0.760. The zero-order valence-corrected chi connectivity index (χ0v) is 13.1. The molecule has 0 saturated heterocycles. The molecule has 0 aliphatic rings. The SMILES string of the molecule is CC(Nc1ccc(OC(F)(F)F)cn1)c1ccc(-n2cncn2)cc1. The van der Waals surface area contributed by atoms with Crippen molar-refractivity contribution in [1.82, 2.24) is 19.7 Å². The molecule has 0 radical (unpaired) electrons. The molecule has 1 unspecified atom stereocenters. The molecule has 0 saturated carbocycles. The fraction of sp³-hybridized carbons (Fsp3) is 0.188. The smallest absolute Gasteiger partial charge is 0.404 e. The third kappa shape index (κ3) is 4.46. The van der Waals surface area contributed by atoms with Crippen LogP contribution in [0.25, 0.3) is 5.69 Å². The van der Waals surface area contributed by atoms with Crippen molar-refractivity contribution >= 4 is 5.82 Å². The number of rotatable bonds is 5. The van der Waals surface area contributed by atoms with Gasteiger partial charge in [-0.05, 0) is 36.8 Å². The van der Waals surface area contributed by atoms with Gasteiger partial charge < -0.3 is 10.1 Å². The largest absolute Gasteiger partial charge is 0.573 e. The summed E-state index contributed by atoms with van der Waals surface area (Å²) < 4.78 is 41.8. The Kier molecular flexibility index (Phi) is 4.55. The van der Waals surface area contributed by atoms with E-state index in [0.717, 1.165) is 17.4 Å². The van der Waals surface area contributed by atoms with Crippen molar-refractivity contribution in [2.24, 2.45) is 0 Å². The minimum Gasteiger partial charge on any atom is -0.404 e. The van der Waals surface area contributed by atoms with E-state index in [1.54, 1.807) is 11.0 Å². The van der Waals surface area contributed by atoms with Gasteiger partial charge in [0.2, 0.25) is 0 Å². The molecule has 3 aromatic rings. The number of anilines is 1. The molecule has 0 aliphatic carbocycles. The molecule has 1 aromatic carbocycles. The molecular formula is C16H14F3N5O.